The number of benzene rings is 1. The molecule has 1 fully saturated rings. The van der Waals surface area contributed by atoms with Crippen LogP contribution >= 0.6 is 0 Å². The predicted octanol–water partition coefficient (Wildman–Crippen LogP) is 0.605. The maximum absolute atomic E-state index is 12.4. The fourth-order valence-corrected chi connectivity index (χ4v) is 2.30. The van der Waals surface area contributed by atoms with Crippen molar-refractivity contribution in [1.82, 2.24) is 4.90 Å². The van der Waals surface area contributed by atoms with E-state index in [-0.39, 0.29) is 23.4 Å². The molecule has 0 aromatic heterocycles. The summed E-state index contributed by atoms with van der Waals surface area (Å²) in [5, 5.41) is 18.8. The quantitative estimate of drug-likeness (QED) is 0.640. The number of amides is 1. The molecule has 1 aromatic rings. The van der Waals surface area contributed by atoms with E-state index in [9.17, 15) is 15.0 Å². The fourth-order valence-electron chi connectivity index (χ4n) is 2.30. The number of ether oxygens (including phenoxy) is 1. The topological polar surface area (TPSA) is 96.0 Å². The van der Waals surface area contributed by atoms with Crippen molar-refractivity contribution in [2.45, 2.75) is 31.3 Å². The number of phenolic OH excluding ortho intramolecular Hbond substituents is 2. The van der Waals surface area contributed by atoms with Gasteiger partial charge in [-0.1, -0.05) is 6.07 Å². The zero-order valence-corrected chi connectivity index (χ0v) is 12.2. The van der Waals surface area contributed by atoms with E-state index in [1.54, 1.807) is 18.1 Å². The van der Waals surface area contributed by atoms with Gasteiger partial charge < -0.3 is 25.6 Å². The summed E-state index contributed by atoms with van der Waals surface area (Å²) < 4.78 is 5.03. The van der Waals surface area contributed by atoms with Gasteiger partial charge >= 0.3 is 0 Å². The number of methoxy groups -OCH3 is 1. The Bertz CT molecular complexity index is 502. The van der Waals surface area contributed by atoms with Crippen LogP contribution in [-0.2, 0) is 16.0 Å². The minimum Gasteiger partial charge on any atom is -0.504 e. The highest BCUT2D eigenvalue weighted by Gasteiger charge is 2.34. The lowest BCUT2D eigenvalue weighted by Crippen LogP contribution is -2.47. The molecular formula is C15H22N2O4. The largest absolute Gasteiger partial charge is 0.504 e. The first-order valence-electron chi connectivity index (χ1n) is 7.08. The lowest BCUT2D eigenvalue weighted by Gasteiger charge is -2.25. The Hall–Kier alpha value is -1.79. The molecule has 1 aliphatic rings. The highest BCUT2D eigenvalue weighted by atomic mass is 16.5. The zero-order chi connectivity index (χ0) is 15.4. The molecule has 2 rings (SSSR count). The van der Waals surface area contributed by atoms with Gasteiger partial charge in [0, 0.05) is 19.7 Å². The van der Waals surface area contributed by atoms with E-state index >= 15 is 0 Å². The third-order valence-corrected chi connectivity index (χ3v) is 3.62. The Labute approximate surface area is 124 Å². The van der Waals surface area contributed by atoms with Crippen molar-refractivity contribution in [2.24, 2.45) is 5.73 Å². The molecule has 0 radical (unpaired) electrons. The van der Waals surface area contributed by atoms with Crippen molar-refractivity contribution in [1.29, 1.82) is 0 Å². The Balaban J connectivity index is 1.98. The molecule has 4 N–H and O–H groups in total. The van der Waals surface area contributed by atoms with Gasteiger partial charge in [0.25, 0.3) is 0 Å². The molecule has 1 aliphatic carbocycles. The van der Waals surface area contributed by atoms with Gasteiger partial charge in [-0.25, -0.2) is 0 Å². The Morgan fingerprint density at radius 2 is 2.14 bits per heavy atom. The summed E-state index contributed by atoms with van der Waals surface area (Å²) in [5.41, 5.74) is 6.72. The number of phenols is 2. The van der Waals surface area contributed by atoms with Crippen LogP contribution in [0, 0.1) is 0 Å². The second kappa shape index (κ2) is 6.78. The molecule has 1 amide bonds. The van der Waals surface area contributed by atoms with Crippen LogP contribution < -0.4 is 5.73 Å². The number of hydrogen-bond donors (Lipinski definition) is 3. The average Bonchev–Trinajstić information content (AvgIpc) is 3.27. The van der Waals surface area contributed by atoms with E-state index in [4.69, 9.17) is 10.5 Å². The van der Waals surface area contributed by atoms with E-state index in [0.717, 1.165) is 12.8 Å². The van der Waals surface area contributed by atoms with Crippen LogP contribution in [0.4, 0.5) is 0 Å². The summed E-state index contributed by atoms with van der Waals surface area (Å²) in [5.74, 6) is -0.481. The number of carbonyl (C=O) groups excluding carboxylic acids is 1. The van der Waals surface area contributed by atoms with Gasteiger partial charge in [0.05, 0.1) is 12.6 Å². The normalized spacial score (nSPS) is 15.7. The summed E-state index contributed by atoms with van der Waals surface area (Å²) in [6.45, 7) is 1.05. The molecule has 1 aromatic carbocycles. The lowest BCUT2D eigenvalue weighted by atomic mass is 10.0. The van der Waals surface area contributed by atoms with Crippen LogP contribution in [0.25, 0.3) is 0 Å². The average molecular weight is 294 g/mol. The van der Waals surface area contributed by atoms with Gasteiger partial charge in [0.15, 0.2) is 11.5 Å². The molecule has 6 heteroatoms. The van der Waals surface area contributed by atoms with Gasteiger partial charge in [0.2, 0.25) is 5.91 Å². The Morgan fingerprint density at radius 3 is 2.71 bits per heavy atom. The first-order valence-corrected chi connectivity index (χ1v) is 7.08. The van der Waals surface area contributed by atoms with E-state index in [0.29, 0.717) is 25.1 Å². The van der Waals surface area contributed by atoms with Crippen molar-refractivity contribution in [2.75, 3.05) is 20.3 Å². The molecule has 1 atom stereocenters. The van der Waals surface area contributed by atoms with Crippen molar-refractivity contribution in [3.63, 3.8) is 0 Å². The van der Waals surface area contributed by atoms with Crippen LogP contribution in [0.2, 0.25) is 0 Å². The van der Waals surface area contributed by atoms with E-state index < -0.39 is 6.04 Å². The Kier molecular flexibility index (Phi) is 5.03. The second-order valence-electron chi connectivity index (χ2n) is 5.39. The maximum Gasteiger partial charge on any atom is 0.240 e. The van der Waals surface area contributed by atoms with Gasteiger partial charge in [0.1, 0.15) is 0 Å². The number of nitrogens with zero attached hydrogens (tertiary/aromatic N) is 1. The van der Waals surface area contributed by atoms with E-state index in [1.165, 1.54) is 12.1 Å². The molecule has 1 saturated carbocycles. The number of carbonyl (C=O) groups is 1. The molecule has 0 aliphatic heterocycles. The number of hydrogen-bond acceptors (Lipinski definition) is 5. The monoisotopic (exact) mass is 294 g/mol. The third kappa shape index (κ3) is 4.09. The van der Waals surface area contributed by atoms with Gasteiger partial charge in [-0.05, 0) is 37.0 Å². The zero-order valence-electron chi connectivity index (χ0n) is 12.2. The lowest BCUT2D eigenvalue weighted by molar-refractivity contribution is -0.133. The van der Waals surface area contributed by atoms with Crippen molar-refractivity contribution < 1.29 is 19.7 Å². The standard InChI is InChI=1S/C15H22N2O4/c1-21-7-6-17(11-3-4-11)15(20)12(16)8-10-2-5-13(18)14(19)9-10/h2,5,9,11-12,18-19H,3-4,6-8,16H2,1H3/t12-/m0/s1. The summed E-state index contributed by atoms with van der Waals surface area (Å²) >= 11 is 0. The summed E-state index contributed by atoms with van der Waals surface area (Å²) in [6, 6.07) is 4.10. The van der Waals surface area contributed by atoms with Crippen LogP contribution in [0.1, 0.15) is 18.4 Å². The Morgan fingerprint density at radius 1 is 1.43 bits per heavy atom. The smallest absolute Gasteiger partial charge is 0.240 e. The third-order valence-electron chi connectivity index (χ3n) is 3.62. The van der Waals surface area contributed by atoms with Crippen LogP contribution in [0.3, 0.4) is 0 Å². The first kappa shape index (κ1) is 15.6. The summed E-state index contributed by atoms with van der Waals surface area (Å²) in [4.78, 5) is 14.2. The highest BCUT2D eigenvalue weighted by molar-refractivity contribution is 5.82. The molecule has 21 heavy (non-hydrogen) atoms. The van der Waals surface area contributed by atoms with Gasteiger partial charge in [-0.3, -0.25) is 4.79 Å². The SMILES string of the molecule is COCCN(C(=O)[C@@H](N)Cc1ccc(O)c(O)c1)C1CC1. The molecule has 6 nitrogen and oxygen atoms in total. The fraction of sp³-hybridized carbons (Fsp3) is 0.533. The number of aromatic hydroxyl groups is 2. The number of rotatable bonds is 7. The van der Waals surface area contributed by atoms with Crippen LogP contribution in [-0.4, -0.2) is 53.4 Å². The predicted molar refractivity (Wildman–Crippen MR) is 78.1 cm³/mol. The molecule has 0 saturated heterocycles. The number of nitrogens with two attached hydrogens (primary N) is 1. The molecule has 116 valence electrons. The minimum atomic E-state index is -0.661. The molecular weight excluding hydrogens is 272 g/mol. The second-order valence-corrected chi connectivity index (χ2v) is 5.39. The maximum atomic E-state index is 12.4. The molecule has 0 spiro atoms. The summed E-state index contributed by atoms with van der Waals surface area (Å²) in [6.07, 6.45) is 2.35. The van der Waals surface area contributed by atoms with Gasteiger partial charge in [-0.15, -0.1) is 0 Å². The highest BCUT2D eigenvalue weighted by Crippen LogP contribution is 2.28. The van der Waals surface area contributed by atoms with Gasteiger partial charge in [-0.2, -0.15) is 0 Å². The first-order chi connectivity index (χ1) is 10.0. The van der Waals surface area contributed by atoms with E-state index in [2.05, 4.69) is 0 Å². The minimum absolute atomic E-state index is 0.0953. The molecule has 0 bridgehead atoms. The molecule has 0 unspecified atom stereocenters. The van der Waals surface area contributed by atoms with Crippen LogP contribution in [0.15, 0.2) is 18.2 Å². The van der Waals surface area contributed by atoms with Crippen LogP contribution in [0.5, 0.6) is 11.5 Å². The van der Waals surface area contributed by atoms with Crippen molar-refractivity contribution in [3.8, 4) is 11.5 Å². The van der Waals surface area contributed by atoms with Crippen molar-refractivity contribution >= 4 is 5.91 Å². The van der Waals surface area contributed by atoms with E-state index in [1.807, 2.05) is 0 Å². The summed E-state index contributed by atoms with van der Waals surface area (Å²) in [7, 11) is 1.61. The van der Waals surface area contributed by atoms with Crippen molar-refractivity contribution in [3.05, 3.63) is 23.8 Å². The molecule has 0 heterocycles.